The van der Waals surface area contributed by atoms with Crippen LogP contribution in [-0.4, -0.2) is 29.9 Å². The molecule has 1 heterocycles. The van der Waals surface area contributed by atoms with Crippen molar-refractivity contribution in [2.75, 3.05) is 13.1 Å². The summed E-state index contributed by atoms with van der Waals surface area (Å²) in [5, 5.41) is 0. The molecular formula is C17H23F3N2O. The summed E-state index contributed by atoms with van der Waals surface area (Å²) in [6.07, 6.45) is -2.80. The highest BCUT2D eigenvalue weighted by atomic mass is 19.4. The molecule has 1 aromatic rings. The summed E-state index contributed by atoms with van der Waals surface area (Å²) in [6.45, 7) is 5.37. The van der Waals surface area contributed by atoms with Crippen molar-refractivity contribution in [3.05, 3.63) is 35.4 Å². The molecule has 1 unspecified atom stereocenters. The molecule has 1 aliphatic rings. The van der Waals surface area contributed by atoms with Gasteiger partial charge in [0, 0.05) is 25.6 Å². The number of aryl methyl sites for hydroxylation is 1. The first kappa shape index (κ1) is 17.8. The van der Waals surface area contributed by atoms with E-state index in [4.69, 9.17) is 5.73 Å². The molecule has 2 N–H and O–H groups in total. The summed E-state index contributed by atoms with van der Waals surface area (Å²) in [5.41, 5.74) is 6.02. The third-order valence-corrected chi connectivity index (χ3v) is 4.57. The molecule has 1 atom stereocenters. The van der Waals surface area contributed by atoms with E-state index in [1.54, 1.807) is 0 Å². The van der Waals surface area contributed by atoms with Crippen molar-refractivity contribution < 1.29 is 18.0 Å². The smallest absolute Gasteiger partial charge is 0.342 e. The molecule has 1 saturated heterocycles. The average Bonchev–Trinajstić information content (AvgIpc) is 2.47. The Kier molecular flexibility index (Phi) is 5.04. The number of halogens is 3. The highest BCUT2D eigenvalue weighted by Gasteiger charge is 2.35. The fourth-order valence-corrected chi connectivity index (χ4v) is 2.86. The average molecular weight is 328 g/mol. The van der Waals surface area contributed by atoms with E-state index >= 15 is 0 Å². The van der Waals surface area contributed by atoms with E-state index < -0.39 is 11.7 Å². The maximum atomic E-state index is 12.5. The van der Waals surface area contributed by atoms with Crippen LogP contribution in [-0.2, 0) is 17.4 Å². The number of nitrogens with two attached hydrogens (primary N) is 1. The molecule has 0 aromatic heterocycles. The van der Waals surface area contributed by atoms with Crippen molar-refractivity contribution in [3.8, 4) is 0 Å². The van der Waals surface area contributed by atoms with Gasteiger partial charge in [0.1, 0.15) is 0 Å². The molecule has 23 heavy (non-hydrogen) atoms. The predicted octanol–water partition coefficient (Wildman–Crippen LogP) is 3.22. The minimum absolute atomic E-state index is 0.0323. The molecule has 2 rings (SSSR count). The van der Waals surface area contributed by atoms with Gasteiger partial charge in [-0.25, -0.2) is 0 Å². The number of rotatable bonds is 3. The first-order valence-electron chi connectivity index (χ1n) is 7.79. The second kappa shape index (κ2) is 6.51. The molecule has 0 bridgehead atoms. The summed E-state index contributed by atoms with van der Waals surface area (Å²) < 4.78 is 37.5. The lowest BCUT2D eigenvalue weighted by atomic mass is 9.79. The van der Waals surface area contributed by atoms with E-state index in [-0.39, 0.29) is 17.4 Å². The lowest BCUT2D eigenvalue weighted by Gasteiger charge is -2.42. The predicted molar refractivity (Wildman–Crippen MR) is 82.7 cm³/mol. The van der Waals surface area contributed by atoms with Crippen LogP contribution < -0.4 is 5.73 Å². The highest BCUT2D eigenvalue weighted by molar-refractivity contribution is 5.76. The van der Waals surface area contributed by atoms with Gasteiger partial charge in [-0.2, -0.15) is 13.2 Å². The molecule has 0 aliphatic carbocycles. The van der Waals surface area contributed by atoms with E-state index in [1.165, 1.54) is 12.1 Å². The number of alkyl halides is 3. The van der Waals surface area contributed by atoms with Gasteiger partial charge in [-0.05, 0) is 36.0 Å². The second-order valence-corrected chi connectivity index (χ2v) is 6.89. The summed E-state index contributed by atoms with van der Waals surface area (Å²) in [7, 11) is 0. The Morgan fingerprint density at radius 3 is 2.43 bits per heavy atom. The largest absolute Gasteiger partial charge is 0.416 e. The molecule has 6 heteroatoms. The zero-order valence-electron chi connectivity index (χ0n) is 13.5. The summed E-state index contributed by atoms with van der Waals surface area (Å²) in [5.74, 6) is 0.0323. The van der Waals surface area contributed by atoms with Crippen LogP contribution in [0, 0.1) is 5.41 Å². The molecule has 1 aliphatic heterocycles. The van der Waals surface area contributed by atoms with Crippen LogP contribution in [0.3, 0.4) is 0 Å². The van der Waals surface area contributed by atoms with Gasteiger partial charge in [0.25, 0.3) is 0 Å². The van der Waals surface area contributed by atoms with E-state index in [2.05, 4.69) is 0 Å². The second-order valence-electron chi connectivity index (χ2n) is 6.89. The minimum atomic E-state index is -4.33. The van der Waals surface area contributed by atoms with E-state index in [9.17, 15) is 18.0 Å². The fourth-order valence-electron chi connectivity index (χ4n) is 2.86. The Morgan fingerprint density at radius 1 is 1.30 bits per heavy atom. The Bertz CT molecular complexity index is 552. The van der Waals surface area contributed by atoms with Gasteiger partial charge in [0.15, 0.2) is 0 Å². The van der Waals surface area contributed by atoms with Crippen LogP contribution >= 0.6 is 0 Å². The third-order valence-electron chi connectivity index (χ3n) is 4.57. The van der Waals surface area contributed by atoms with Crippen LogP contribution in [0.4, 0.5) is 13.2 Å². The SMILES string of the molecule is CC1(C)CN(C(=O)CCc2ccc(C(F)(F)F)cc2)CCC1N. The zero-order chi connectivity index (χ0) is 17.3. The Balaban J connectivity index is 1.90. The Labute approximate surface area is 134 Å². The van der Waals surface area contributed by atoms with Gasteiger partial charge in [0.2, 0.25) is 5.91 Å². The van der Waals surface area contributed by atoms with Crippen LogP contribution in [0.5, 0.6) is 0 Å². The molecule has 1 amide bonds. The first-order valence-corrected chi connectivity index (χ1v) is 7.79. The Hall–Kier alpha value is -1.56. The normalized spacial score (nSPS) is 21.3. The van der Waals surface area contributed by atoms with Gasteiger partial charge in [0.05, 0.1) is 5.56 Å². The summed E-state index contributed by atoms with van der Waals surface area (Å²) >= 11 is 0. The van der Waals surface area contributed by atoms with Crippen LogP contribution in [0.15, 0.2) is 24.3 Å². The minimum Gasteiger partial charge on any atom is -0.342 e. The summed E-state index contributed by atoms with van der Waals surface area (Å²) in [4.78, 5) is 14.1. The maximum Gasteiger partial charge on any atom is 0.416 e. The van der Waals surface area contributed by atoms with E-state index in [0.717, 1.165) is 24.1 Å². The van der Waals surface area contributed by atoms with Gasteiger partial charge in [-0.15, -0.1) is 0 Å². The van der Waals surface area contributed by atoms with Gasteiger partial charge < -0.3 is 10.6 Å². The molecule has 0 radical (unpaired) electrons. The zero-order valence-corrected chi connectivity index (χ0v) is 13.5. The lowest BCUT2D eigenvalue weighted by Crippen LogP contribution is -2.54. The van der Waals surface area contributed by atoms with Crippen molar-refractivity contribution in [1.82, 2.24) is 4.90 Å². The van der Waals surface area contributed by atoms with Crippen molar-refractivity contribution in [2.24, 2.45) is 11.1 Å². The monoisotopic (exact) mass is 328 g/mol. The number of carbonyl (C=O) groups is 1. The number of piperidine rings is 1. The Morgan fingerprint density at radius 2 is 1.91 bits per heavy atom. The number of likely N-dealkylation sites (tertiary alicyclic amines) is 1. The highest BCUT2D eigenvalue weighted by Crippen LogP contribution is 2.30. The van der Waals surface area contributed by atoms with Crippen LogP contribution in [0.1, 0.15) is 37.8 Å². The molecule has 0 saturated carbocycles. The topological polar surface area (TPSA) is 46.3 Å². The molecule has 3 nitrogen and oxygen atoms in total. The number of benzene rings is 1. The van der Waals surface area contributed by atoms with E-state index in [1.807, 2.05) is 18.7 Å². The van der Waals surface area contributed by atoms with Crippen molar-refractivity contribution in [2.45, 2.75) is 45.3 Å². The molecule has 128 valence electrons. The number of hydrogen-bond donors (Lipinski definition) is 1. The summed E-state index contributed by atoms with van der Waals surface area (Å²) in [6, 6.07) is 5.07. The molecule has 1 fully saturated rings. The molecule has 0 spiro atoms. The van der Waals surface area contributed by atoms with Crippen LogP contribution in [0.2, 0.25) is 0 Å². The standard InChI is InChI=1S/C17H23F3N2O/c1-16(2)11-22(10-9-14(16)21)15(23)8-5-12-3-6-13(7-4-12)17(18,19)20/h3-4,6-7,14H,5,8-11,21H2,1-2H3. The van der Waals surface area contributed by atoms with Gasteiger partial charge in [-0.3, -0.25) is 4.79 Å². The van der Waals surface area contributed by atoms with Crippen molar-refractivity contribution >= 4 is 5.91 Å². The first-order chi connectivity index (χ1) is 10.6. The number of nitrogens with zero attached hydrogens (tertiary/aromatic N) is 1. The number of hydrogen-bond acceptors (Lipinski definition) is 2. The van der Waals surface area contributed by atoms with Gasteiger partial charge in [-0.1, -0.05) is 26.0 Å². The van der Waals surface area contributed by atoms with E-state index in [0.29, 0.717) is 25.9 Å². The third kappa shape index (κ3) is 4.47. The molecular weight excluding hydrogens is 305 g/mol. The van der Waals surface area contributed by atoms with Crippen molar-refractivity contribution in [1.29, 1.82) is 0 Å². The fraction of sp³-hybridized carbons (Fsp3) is 0.588. The quantitative estimate of drug-likeness (QED) is 0.926. The maximum absolute atomic E-state index is 12.5. The lowest BCUT2D eigenvalue weighted by molar-refractivity contribution is -0.137. The van der Waals surface area contributed by atoms with Crippen molar-refractivity contribution in [3.63, 3.8) is 0 Å². The van der Waals surface area contributed by atoms with Gasteiger partial charge >= 0.3 is 6.18 Å². The van der Waals surface area contributed by atoms with Crippen LogP contribution in [0.25, 0.3) is 0 Å². The number of carbonyl (C=O) groups excluding carboxylic acids is 1. The number of amides is 1. The molecule has 1 aromatic carbocycles.